The maximum absolute atomic E-state index is 14.0. The molecule has 6 heteroatoms. The second-order valence-corrected chi connectivity index (χ2v) is 5.40. The van der Waals surface area contributed by atoms with E-state index in [2.05, 4.69) is 4.98 Å². The normalized spacial score (nSPS) is 20.9. The van der Waals surface area contributed by atoms with Crippen LogP contribution in [0.3, 0.4) is 0 Å². The summed E-state index contributed by atoms with van der Waals surface area (Å²) in [5.74, 6) is -1.83. The van der Waals surface area contributed by atoms with Crippen molar-refractivity contribution in [2.45, 2.75) is 18.9 Å². The van der Waals surface area contributed by atoms with Gasteiger partial charge in [-0.05, 0) is 23.6 Å². The van der Waals surface area contributed by atoms with Crippen molar-refractivity contribution in [1.29, 1.82) is 0 Å². The Kier molecular flexibility index (Phi) is 3.22. The van der Waals surface area contributed by atoms with Crippen LogP contribution < -0.4 is 0 Å². The number of carbonyl (C=O) groups is 1. The van der Waals surface area contributed by atoms with Gasteiger partial charge in [0.2, 0.25) is 0 Å². The Labute approximate surface area is 119 Å². The number of carboxylic acids is 1. The number of hydrogen-bond acceptors (Lipinski definition) is 2. The number of rotatable bonds is 4. The molecule has 1 N–H and O–H groups in total. The van der Waals surface area contributed by atoms with E-state index >= 15 is 0 Å². The van der Waals surface area contributed by atoms with Crippen molar-refractivity contribution in [3.8, 4) is 0 Å². The molecule has 1 fully saturated rings. The summed E-state index contributed by atoms with van der Waals surface area (Å²) in [5.41, 5.74) is 1.28. The lowest BCUT2D eigenvalue weighted by Crippen LogP contribution is -2.01. The summed E-state index contributed by atoms with van der Waals surface area (Å²) in [7, 11) is 0. The monoisotopic (exact) mass is 294 g/mol. The van der Waals surface area contributed by atoms with E-state index in [1.54, 1.807) is 23.2 Å². The van der Waals surface area contributed by atoms with Crippen LogP contribution in [-0.2, 0) is 11.3 Å². The van der Waals surface area contributed by atoms with Gasteiger partial charge < -0.3 is 9.67 Å². The summed E-state index contributed by atoms with van der Waals surface area (Å²) >= 11 is 5.72. The van der Waals surface area contributed by atoms with Crippen LogP contribution in [0.15, 0.2) is 30.7 Å². The number of benzene rings is 1. The molecule has 1 saturated carbocycles. The molecule has 0 aliphatic heterocycles. The summed E-state index contributed by atoms with van der Waals surface area (Å²) in [6.07, 6.45) is 3.76. The molecule has 0 radical (unpaired) electrons. The summed E-state index contributed by atoms with van der Waals surface area (Å²) in [6.45, 7) is 0.476. The van der Waals surface area contributed by atoms with Gasteiger partial charge >= 0.3 is 5.97 Å². The fraction of sp³-hybridized carbons (Fsp3) is 0.286. The predicted octanol–water partition coefficient (Wildman–Crippen LogP) is 2.91. The minimum absolute atomic E-state index is 0.191. The Bertz CT molecular complexity index is 671. The van der Waals surface area contributed by atoms with E-state index in [1.165, 1.54) is 6.07 Å². The lowest BCUT2D eigenvalue weighted by molar-refractivity contribution is -0.138. The van der Waals surface area contributed by atoms with E-state index < -0.39 is 11.9 Å². The number of aliphatic carboxylic acids is 1. The number of hydrogen-bond donors (Lipinski definition) is 1. The Morgan fingerprint density at radius 2 is 2.35 bits per heavy atom. The molecule has 1 aromatic carbocycles. The van der Waals surface area contributed by atoms with Crippen LogP contribution in [-0.4, -0.2) is 20.6 Å². The molecule has 1 aromatic heterocycles. The summed E-state index contributed by atoms with van der Waals surface area (Å²) in [5, 5.41) is 9.28. The van der Waals surface area contributed by atoms with Crippen molar-refractivity contribution in [3.05, 3.63) is 52.8 Å². The average molecular weight is 295 g/mol. The van der Waals surface area contributed by atoms with Gasteiger partial charge in [0.25, 0.3) is 0 Å². The van der Waals surface area contributed by atoms with Gasteiger partial charge in [-0.25, -0.2) is 9.37 Å². The molecule has 1 heterocycles. The van der Waals surface area contributed by atoms with E-state index in [0.717, 1.165) is 5.56 Å². The molecule has 1 aliphatic rings. The molecule has 2 atom stereocenters. The predicted molar refractivity (Wildman–Crippen MR) is 71.2 cm³/mol. The average Bonchev–Trinajstić information content (AvgIpc) is 3.07. The SMILES string of the molecule is O=C(O)[C@H]1C[C@@H]1c1ccc(Cn2cnc(Cl)c2)cc1F. The van der Waals surface area contributed by atoms with Gasteiger partial charge in [0.15, 0.2) is 0 Å². The fourth-order valence-electron chi connectivity index (χ4n) is 2.41. The van der Waals surface area contributed by atoms with Gasteiger partial charge in [0, 0.05) is 18.7 Å². The van der Waals surface area contributed by atoms with E-state index in [0.29, 0.717) is 23.7 Å². The van der Waals surface area contributed by atoms with Crippen LogP contribution in [0.2, 0.25) is 5.15 Å². The number of aromatic nitrogens is 2. The highest BCUT2D eigenvalue weighted by molar-refractivity contribution is 6.29. The van der Waals surface area contributed by atoms with Gasteiger partial charge in [-0.3, -0.25) is 4.79 Å². The standard InChI is InChI=1S/C14H12ClFN2O2/c15-13-6-18(7-17-13)5-8-1-2-9(12(16)3-8)10-4-11(10)14(19)20/h1-3,6-7,10-11H,4-5H2,(H,19,20)/t10-,11+/m1/s1. The van der Waals surface area contributed by atoms with Crippen LogP contribution in [0.5, 0.6) is 0 Å². The molecular formula is C14H12ClFN2O2. The van der Waals surface area contributed by atoms with Crippen molar-refractivity contribution >= 4 is 17.6 Å². The Hall–Kier alpha value is -1.88. The molecule has 3 rings (SSSR count). The molecular weight excluding hydrogens is 283 g/mol. The van der Waals surface area contributed by atoms with Gasteiger partial charge in [-0.1, -0.05) is 23.7 Å². The van der Waals surface area contributed by atoms with E-state index in [1.807, 2.05) is 6.07 Å². The minimum atomic E-state index is -0.855. The smallest absolute Gasteiger partial charge is 0.307 e. The zero-order valence-corrected chi connectivity index (χ0v) is 11.2. The van der Waals surface area contributed by atoms with Gasteiger partial charge in [-0.15, -0.1) is 0 Å². The van der Waals surface area contributed by atoms with Gasteiger partial charge in [0.1, 0.15) is 11.0 Å². The molecule has 0 saturated heterocycles. The zero-order chi connectivity index (χ0) is 14.3. The van der Waals surface area contributed by atoms with Crippen molar-refractivity contribution in [2.24, 2.45) is 5.92 Å². The summed E-state index contributed by atoms with van der Waals surface area (Å²) in [6, 6.07) is 4.93. The quantitative estimate of drug-likeness (QED) is 0.943. The topological polar surface area (TPSA) is 55.1 Å². The van der Waals surface area contributed by atoms with Crippen LogP contribution in [0, 0.1) is 11.7 Å². The zero-order valence-electron chi connectivity index (χ0n) is 10.5. The summed E-state index contributed by atoms with van der Waals surface area (Å²) < 4.78 is 15.8. The first-order valence-electron chi connectivity index (χ1n) is 6.23. The van der Waals surface area contributed by atoms with E-state index in [9.17, 15) is 9.18 Å². The third-order valence-corrected chi connectivity index (χ3v) is 3.73. The third-order valence-electron chi connectivity index (χ3n) is 3.54. The lowest BCUT2D eigenvalue weighted by Gasteiger charge is -2.06. The molecule has 0 amide bonds. The first kappa shape index (κ1) is 13.1. The van der Waals surface area contributed by atoms with E-state index in [-0.39, 0.29) is 11.7 Å². The molecule has 1 aliphatic carbocycles. The molecule has 104 valence electrons. The third kappa shape index (κ3) is 2.54. The molecule has 0 unspecified atom stereocenters. The maximum atomic E-state index is 14.0. The van der Waals surface area contributed by atoms with Crippen molar-refractivity contribution in [1.82, 2.24) is 9.55 Å². The van der Waals surface area contributed by atoms with Crippen molar-refractivity contribution in [2.75, 3.05) is 0 Å². The molecule has 4 nitrogen and oxygen atoms in total. The Morgan fingerprint density at radius 1 is 1.55 bits per heavy atom. The molecule has 0 spiro atoms. The second-order valence-electron chi connectivity index (χ2n) is 5.01. The highest BCUT2D eigenvalue weighted by Crippen LogP contribution is 2.48. The van der Waals surface area contributed by atoms with Crippen LogP contribution in [0.25, 0.3) is 0 Å². The molecule has 0 bridgehead atoms. The number of carboxylic acid groups (broad SMARTS) is 1. The van der Waals surface area contributed by atoms with Gasteiger partial charge in [-0.2, -0.15) is 0 Å². The van der Waals surface area contributed by atoms with Crippen molar-refractivity contribution < 1.29 is 14.3 Å². The fourth-order valence-corrected chi connectivity index (χ4v) is 2.58. The molecule has 20 heavy (non-hydrogen) atoms. The minimum Gasteiger partial charge on any atom is -0.481 e. The first-order valence-corrected chi connectivity index (χ1v) is 6.61. The Morgan fingerprint density at radius 3 is 2.90 bits per heavy atom. The summed E-state index contributed by atoms with van der Waals surface area (Å²) in [4.78, 5) is 14.7. The van der Waals surface area contributed by atoms with Crippen molar-refractivity contribution in [3.63, 3.8) is 0 Å². The first-order chi connectivity index (χ1) is 9.54. The highest BCUT2D eigenvalue weighted by atomic mass is 35.5. The van der Waals surface area contributed by atoms with Crippen LogP contribution in [0.4, 0.5) is 4.39 Å². The molecule has 2 aromatic rings. The Balaban J connectivity index is 1.76. The van der Waals surface area contributed by atoms with E-state index in [4.69, 9.17) is 16.7 Å². The second kappa shape index (κ2) is 4.90. The van der Waals surface area contributed by atoms with Crippen LogP contribution in [0.1, 0.15) is 23.5 Å². The highest BCUT2D eigenvalue weighted by Gasteiger charge is 2.45. The van der Waals surface area contributed by atoms with Gasteiger partial charge in [0.05, 0.1) is 12.2 Å². The maximum Gasteiger partial charge on any atom is 0.307 e. The van der Waals surface area contributed by atoms with Crippen LogP contribution >= 0.6 is 11.6 Å². The number of imidazole rings is 1. The largest absolute Gasteiger partial charge is 0.481 e. The number of nitrogens with zero attached hydrogens (tertiary/aromatic N) is 2. The lowest BCUT2D eigenvalue weighted by atomic mass is 10.1. The number of halogens is 2.